The van der Waals surface area contributed by atoms with Crippen molar-refractivity contribution in [1.82, 2.24) is 19.6 Å². The number of rotatable bonds is 8. The topological polar surface area (TPSA) is 88.0 Å². The Hall–Kier alpha value is -2.72. The van der Waals surface area contributed by atoms with Gasteiger partial charge in [-0.05, 0) is 56.3 Å². The SMILES string of the molecule is COCCNc1ccc2c(=O)c(C(=O)NCCN3CCCC3)c3sc4ccc(Cl)cc4n3c2n1. The Balaban J connectivity index is 1.62. The number of halogens is 1. The van der Waals surface area contributed by atoms with E-state index in [4.69, 9.17) is 21.3 Å². The second-order valence-corrected chi connectivity index (χ2v) is 9.82. The Labute approximate surface area is 205 Å². The molecule has 1 aromatic carbocycles. The summed E-state index contributed by atoms with van der Waals surface area (Å²) in [5.74, 6) is 0.269. The number of carbonyl (C=O) groups excluding carboxylic acids is 1. The smallest absolute Gasteiger partial charge is 0.258 e. The first kappa shape index (κ1) is 23.0. The maximum Gasteiger partial charge on any atom is 0.258 e. The highest BCUT2D eigenvalue weighted by atomic mass is 35.5. The summed E-state index contributed by atoms with van der Waals surface area (Å²) in [5, 5.41) is 7.13. The van der Waals surface area contributed by atoms with Crippen LogP contribution in [0.25, 0.3) is 26.1 Å². The van der Waals surface area contributed by atoms with Gasteiger partial charge in [0.25, 0.3) is 5.91 Å². The number of fused-ring (bicyclic) bond motifs is 5. The standard InChI is InChI=1S/C24H26ClN5O3S/c1-33-13-9-26-19-7-5-16-21(31)20(23(32)27-8-12-29-10-2-3-11-29)24-30(22(16)28-19)17-14-15(25)4-6-18(17)34-24/h4-7,14H,2-3,8-13H2,1H3,(H,26,28)(H,27,32). The highest BCUT2D eigenvalue weighted by molar-refractivity contribution is 7.24. The molecule has 3 aromatic heterocycles. The van der Waals surface area contributed by atoms with Gasteiger partial charge in [-0.1, -0.05) is 11.6 Å². The van der Waals surface area contributed by atoms with Gasteiger partial charge >= 0.3 is 0 Å². The molecule has 10 heteroatoms. The fourth-order valence-electron chi connectivity index (χ4n) is 4.41. The summed E-state index contributed by atoms with van der Waals surface area (Å²) in [7, 11) is 1.64. The first-order valence-corrected chi connectivity index (χ1v) is 12.6. The zero-order valence-corrected chi connectivity index (χ0v) is 20.5. The van der Waals surface area contributed by atoms with E-state index in [0.717, 1.165) is 29.9 Å². The summed E-state index contributed by atoms with van der Waals surface area (Å²) >= 11 is 7.70. The number of hydrogen-bond donors (Lipinski definition) is 2. The molecule has 1 fully saturated rings. The van der Waals surface area contributed by atoms with Crippen LogP contribution < -0.4 is 16.1 Å². The largest absolute Gasteiger partial charge is 0.383 e. The van der Waals surface area contributed by atoms with Gasteiger partial charge < -0.3 is 20.3 Å². The van der Waals surface area contributed by atoms with Crippen LogP contribution in [-0.2, 0) is 4.74 Å². The molecule has 0 saturated carbocycles. The van der Waals surface area contributed by atoms with E-state index >= 15 is 0 Å². The van der Waals surface area contributed by atoms with E-state index < -0.39 is 0 Å². The lowest BCUT2D eigenvalue weighted by molar-refractivity contribution is 0.0950. The lowest BCUT2D eigenvalue weighted by Gasteiger charge is -2.15. The Morgan fingerprint density at radius 1 is 1.21 bits per heavy atom. The molecular formula is C24H26ClN5O3S. The van der Waals surface area contributed by atoms with Crippen molar-refractivity contribution in [2.75, 3.05) is 51.8 Å². The number of methoxy groups -OCH3 is 1. The lowest BCUT2D eigenvalue weighted by atomic mass is 10.1. The molecule has 0 bridgehead atoms. The molecule has 1 aliphatic heterocycles. The summed E-state index contributed by atoms with van der Waals surface area (Å²) < 4.78 is 7.89. The number of pyridine rings is 2. The van der Waals surface area contributed by atoms with E-state index in [1.807, 2.05) is 16.5 Å². The third-order valence-electron chi connectivity index (χ3n) is 6.10. The Morgan fingerprint density at radius 2 is 2.03 bits per heavy atom. The van der Waals surface area contributed by atoms with Crippen molar-refractivity contribution >= 4 is 60.7 Å². The van der Waals surface area contributed by atoms with Crippen molar-refractivity contribution < 1.29 is 9.53 Å². The number of aromatic nitrogens is 2. The van der Waals surface area contributed by atoms with Crippen molar-refractivity contribution in [2.24, 2.45) is 0 Å². The molecule has 34 heavy (non-hydrogen) atoms. The lowest BCUT2D eigenvalue weighted by Crippen LogP contribution is -2.35. The van der Waals surface area contributed by atoms with Crippen LogP contribution >= 0.6 is 22.9 Å². The number of hydrogen-bond acceptors (Lipinski definition) is 7. The number of thiazole rings is 1. The summed E-state index contributed by atoms with van der Waals surface area (Å²) in [6.07, 6.45) is 2.39. The Morgan fingerprint density at radius 3 is 2.82 bits per heavy atom. The number of amides is 1. The Bertz CT molecular complexity index is 1430. The van der Waals surface area contributed by atoms with Crippen molar-refractivity contribution in [1.29, 1.82) is 0 Å². The van der Waals surface area contributed by atoms with Crippen LogP contribution in [0.3, 0.4) is 0 Å². The van der Waals surface area contributed by atoms with E-state index in [1.165, 1.54) is 24.2 Å². The van der Waals surface area contributed by atoms with Crippen LogP contribution in [-0.4, -0.2) is 66.6 Å². The molecular weight excluding hydrogens is 474 g/mol. The fourth-order valence-corrected chi connectivity index (χ4v) is 5.74. The third kappa shape index (κ3) is 4.36. The third-order valence-corrected chi connectivity index (χ3v) is 7.48. The molecule has 0 aliphatic carbocycles. The summed E-state index contributed by atoms with van der Waals surface area (Å²) in [6, 6.07) is 9.03. The molecule has 0 radical (unpaired) electrons. The molecule has 1 aliphatic rings. The van der Waals surface area contributed by atoms with Gasteiger partial charge in [-0.15, -0.1) is 11.3 Å². The molecule has 8 nitrogen and oxygen atoms in total. The number of carbonyl (C=O) groups is 1. The highest BCUT2D eigenvalue weighted by Crippen LogP contribution is 2.32. The molecule has 4 aromatic rings. The maximum absolute atomic E-state index is 13.5. The van der Waals surface area contributed by atoms with E-state index in [1.54, 1.807) is 25.3 Å². The van der Waals surface area contributed by atoms with E-state index in [-0.39, 0.29) is 16.9 Å². The van der Waals surface area contributed by atoms with Gasteiger partial charge in [0.1, 0.15) is 16.2 Å². The number of nitrogens with zero attached hydrogens (tertiary/aromatic N) is 3. The maximum atomic E-state index is 13.5. The zero-order chi connectivity index (χ0) is 23.7. The second-order valence-electron chi connectivity index (χ2n) is 8.35. The number of ether oxygens (including phenoxy) is 1. The van der Waals surface area contributed by atoms with Crippen molar-refractivity contribution in [3.05, 3.63) is 51.1 Å². The molecule has 0 unspecified atom stereocenters. The normalized spacial score (nSPS) is 14.4. The van der Waals surface area contributed by atoms with Crippen LogP contribution in [0.4, 0.5) is 5.82 Å². The van der Waals surface area contributed by atoms with Gasteiger partial charge in [-0.3, -0.25) is 14.0 Å². The van der Waals surface area contributed by atoms with Crippen LogP contribution in [0.15, 0.2) is 35.1 Å². The number of anilines is 1. The first-order chi connectivity index (χ1) is 16.6. The predicted molar refractivity (Wildman–Crippen MR) is 138 cm³/mol. The van der Waals surface area contributed by atoms with Gasteiger partial charge in [0.2, 0.25) is 5.43 Å². The molecule has 1 saturated heterocycles. The van der Waals surface area contributed by atoms with E-state index in [0.29, 0.717) is 46.4 Å². The first-order valence-electron chi connectivity index (χ1n) is 11.4. The summed E-state index contributed by atoms with van der Waals surface area (Å²) in [5.41, 5.74) is 1.13. The minimum absolute atomic E-state index is 0.146. The van der Waals surface area contributed by atoms with Gasteiger partial charge in [-0.2, -0.15) is 0 Å². The van der Waals surface area contributed by atoms with Crippen molar-refractivity contribution in [3.63, 3.8) is 0 Å². The minimum Gasteiger partial charge on any atom is -0.383 e. The number of benzene rings is 1. The van der Waals surface area contributed by atoms with Crippen LogP contribution in [0, 0.1) is 0 Å². The molecule has 2 N–H and O–H groups in total. The average Bonchev–Trinajstić information content (AvgIpc) is 3.47. The molecule has 5 rings (SSSR count). The van der Waals surface area contributed by atoms with Crippen LogP contribution in [0.5, 0.6) is 0 Å². The molecule has 1 amide bonds. The molecule has 4 heterocycles. The molecule has 178 valence electrons. The van der Waals surface area contributed by atoms with Crippen LogP contribution in [0.1, 0.15) is 23.2 Å². The summed E-state index contributed by atoms with van der Waals surface area (Å²) in [6.45, 7) is 4.51. The molecule has 0 spiro atoms. The molecule has 0 atom stereocenters. The van der Waals surface area contributed by atoms with Crippen molar-refractivity contribution in [2.45, 2.75) is 12.8 Å². The van der Waals surface area contributed by atoms with Gasteiger partial charge in [0.15, 0.2) is 5.65 Å². The van der Waals surface area contributed by atoms with Crippen molar-refractivity contribution in [3.8, 4) is 0 Å². The number of nitrogens with one attached hydrogen (secondary N) is 2. The van der Waals surface area contributed by atoms with Crippen LogP contribution in [0.2, 0.25) is 5.02 Å². The number of likely N-dealkylation sites (tertiary alicyclic amines) is 1. The van der Waals surface area contributed by atoms with Gasteiger partial charge in [-0.25, -0.2) is 4.98 Å². The fraction of sp³-hybridized carbons (Fsp3) is 0.375. The monoisotopic (exact) mass is 499 g/mol. The van der Waals surface area contributed by atoms with Gasteiger partial charge in [0.05, 0.1) is 22.2 Å². The van der Waals surface area contributed by atoms with E-state index in [2.05, 4.69) is 15.5 Å². The summed E-state index contributed by atoms with van der Waals surface area (Å²) in [4.78, 5) is 34.4. The average molecular weight is 500 g/mol. The highest BCUT2D eigenvalue weighted by Gasteiger charge is 2.23. The Kier molecular flexibility index (Phi) is 6.69. The van der Waals surface area contributed by atoms with Gasteiger partial charge in [0, 0.05) is 31.8 Å². The minimum atomic E-state index is -0.358. The zero-order valence-electron chi connectivity index (χ0n) is 18.9. The van der Waals surface area contributed by atoms with E-state index in [9.17, 15) is 9.59 Å². The second kappa shape index (κ2) is 9.87. The quantitative estimate of drug-likeness (QED) is 0.360. The predicted octanol–water partition coefficient (Wildman–Crippen LogP) is 3.60.